The fourth-order valence-electron chi connectivity index (χ4n) is 5.41. The van der Waals surface area contributed by atoms with Crippen molar-refractivity contribution in [1.82, 2.24) is 9.47 Å². The molecule has 2 heterocycles. The van der Waals surface area contributed by atoms with Gasteiger partial charge in [-0.25, -0.2) is 0 Å². The fourth-order valence-corrected chi connectivity index (χ4v) is 6.64. The molecule has 5 nitrogen and oxygen atoms in total. The Balaban J connectivity index is 1.79. The number of hydrogen-bond donors (Lipinski definition) is 0. The molecule has 1 unspecified atom stereocenters. The molecule has 256 valence electrons. The second-order valence-corrected chi connectivity index (χ2v) is 12.3. The van der Waals surface area contributed by atoms with E-state index in [0.29, 0.717) is 17.0 Å². The zero-order chi connectivity index (χ0) is 35.7. The fraction of sp³-hybridized carbons (Fsp3) is 0.267. The van der Waals surface area contributed by atoms with Gasteiger partial charge in [-0.2, -0.15) is 52.7 Å². The summed E-state index contributed by atoms with van der Waals surface area (Å²) < 4.78 is 177. The molecule has 0 saturated heterocycles. The van der Waals surface area contributed by atoms with Crippen LogP contribution in [0.15, 0.2) is 64.3 Å². The number of halogens is 12. The summed E-state index contributed by atoms with van der Waals surface area (Å²) in [5.74, 6) is -1.60. The molecule has 0 spiro atoms. The van der Waals surface area contributed by atoms with Gasteiger partial charge in [0.15, 0.2) is 0 Å². The van der Waals surface area contributed by atoms with Gasteiger partial charge < -0.3 is 9.47 Å². The monoisotopic (exact) mass is 714 g/mol. The molecule has 0 N–H and O–H groups in total. The minimum Gasteiger partial charge on any atom is -0.337 e. The van der Waals surface area contributed by atoms with Crippen molar-refractivity contribution in [3.63, 3.8) is 0 Å². The van der Waals surface area contributed by atoms with E-state index in [9.17, 15) is 66.5 Å². The van der Waals surface area contributed by atoms with Gasteiger partial charge in [0.25, 0.3) is 11.5 Å². The van der Waals surface area contributed by atoms with Crippen LogP contribution in [-0.4, -0.2) is 32.4 Å². The molecule has 0 saturated carbocycles. The predicted octanol–water partition coefficient (Wildman–Crippen LogP) is 8.14. The largest absolute Gasteiger partial charge is 0.416 e. The van der Waals surface area contributed by atoms with Crippen LogP contribution in [0.4, 0.5) is 52.7 Å². The van der Waals surface area contributed by atoms with E-state index in [0.717, 1.165) is 11.6 Å². The number of rotatable bonds is 4. The number of amides is 1. The summed E-state index contributed by atoms with van der Waals surface area (Å²) in [7, 11) is -0.896. The lowest BCUT2D eigenvalue weighted by atomic mass is 9.92. The van der Waals surface area contributed by atoms with Gasteiger partial charge in [0.2, 0.25) is 0 Å². The average molecular weight is 715 g/mol. The highest BCUT2D eigenvalue weighted by atomic mass is 32.2. The Labute approximate surface area is 263 Å². The SMILES string of the molecule is CN(Cc1cc(C(F)(F)F)cc(C(F)(F)F)c1)C(=O)c1c(-c2cc(C(F)(F)F)cc(C(F)(F)F)c2)c2cccc3c2n(c1=O)CCS3=O. The predicted molar refractivity (Wildman–Crippen MR) is 147 cm³/mol. The lowest BCUT2D eigenvalue weighted by Crippen LogP contribution is -2.37. The second-order valence-electron chi connectivity index (χ2n) is 10.8. The summed E-state index contributed by atoms with van der Waals surface area (Å²) in [6.45, 7) is -1.30. The Bertz CT molecular complexity index is 1980. The van der Waals surface area contributed by atoms with Crippen molar-refractivity contribution >= 4 is 27.6 Å². The number of para-hydroxylation sites is 1. The van der Waals surface area contributed by atoms with Crippen molar-refractivity contribution in [2.75, 3.05) is 12.8 Å². The van der Waals surface area contributed by atoms with Crippen LogP contribution in [0.3, 0.4) is 0 Å². The van der Waals surface area contributed by atoms with Gasteiger partial charge in [-0.3, -0.25) is 13.8 Å². The molecule has 1 aliphatic heterocycles. The summed E-state index contributed by atoms with van der Waals surface area (Å²) in [5.41, 5.74) is -11.8. The highest BCUT2D eigenvalue weighted by molar-refractivity contribution is 7.85. The van der Waals surface area contributed by atoms with E-state index in [1.165, 1.54) is 18.2 Å². The van der Waals surface area contributed by atoms with E-state index in [4.69, 9.17) is 0 Å². The van der Waals surface area contributed by atoms with Gasteiger partial charge in [-0.05, 0) is 53.6 Å². The number of nitrogens with zero attached hydrogens (tertiary/aromatic N) is 2. The van der Waals surface area contributed by atoms with Crippen LogP contribution < -0.4 is 5.56 Å². The zero-order valence-electron chi connectivity index (χ0n) is 23.9. The number of carbonyl (C=O) groups is 1. The minimum atomic E-state index is -5.35. The maximum Gasteiger partial charge on any atom is 0.416 e. The molecular formula is C30H18F12N2O3S. The molecular weight excluding hydrogens is 696 g/mol. The molecule has 48 heavy (non-hydrogen) atoms. The first-order valence-electron chi connectivity index (χ1n) is 13.4. The van der Waals surface area contributed by atoms with Gasteiger partial charge in [0.05, 0.1) is 43.5 Å². The van der Waals surface area contributed by atoms with Crippen LogP contribution in [0.2, 0.25) is 0 Å². The summed E-state index contributed by atoms with van der Waals surface area (Å²) in [6, 6.07) is 4.56. The molecule has 0 radical (unpaired) electrons. The van der Waals surface area contributed by atoms with Crippen molar-refractivity contribution < 1.29 is 61.7 Å². The normalized spacial score (nSPS) is 15.6. The average Bonchev–Trinajstić information content (AvgIpc) is 2.97. The maximum atomic E-state index is 13.9. The number of aromatic nitrogens is 1. The maximum absolute atomic E-state index is 13.9. The quantitative estimate of drug-likeness (QED) is 0.201. The minimum absolute atomic E-state index is 0.00359. The molecule has 18 heteroatoms. The molecule has 3 aromatic carbocycles. The molecule has 1 atom stereocenters. The Kier molecular flexibility index (Phi) is 8.50. The first kappa shape index (κ1) is 35.0. The smallest absolute Gasteiger partial charge is 0.337 e. The van der Waals surface area contributed by atoms with Gasteiger partial charge >= 0.3 is 24.7 Å². The third-order valence-corrected chi connectivity index (χ3v) is 8.87. The van der Waals surface area contributed by atoms with Crippen molar-refractivity contribution in [2.45, 2.75) is 42.7 Å². The van der Waals surface area contributed by atoms with Crippen LogP contribution in [-0.2, 0) is 48.6 Å². The van der Waals surface area contributed by atoms with Crippen LogP contribution in [0, 0.1) is 0 Å². The Morgan fingerprint density at radius 2 is 1.25 bits per heavy atom. The number of aryl methyl sites for hydroxylation is 1. The van der Waals surface area contributed by atoms with Crippen molar-refractivity contribution in [3.05, 3.63) is 98.3 Å². The molecule has 0 fully saturated rings. The Hall–Kier alpha value is -4.35. The number of alkyl halides is 12. The Morgan fingerprint density at radius 3 is 1.73 bits per heavy atom. The van der Waals surface area contributed by atoms with E-state index in [-0.39, 0.29) is 52.4 Å². The van der Waals surface area contributed by atoms with Crippen LogP contribution >= 0.6 is 0 Å². The third kappa shape index (κ3) is 6.53. The standard InChI is InChI=1S/C30H18F12N2O3S/c1-43(13-14-7-16(27(31,32)33)11-17(8-14)28(34,35)36)25(45)23-22(15-9-18(29(37,38)39)12-19(10-15)30(40,41)42)20-3-2-4-21-24(20)44(26(23)46)5-6-48(21)47/h2-4,7-12H,5-6,13H2,1H3. The van der Waals surface area contributed by atoms with Crippen LogP contribution in [0.1, 0.15) is 38.2 Å². The van der Waals surface area contributed by atoms with E-state index < -0.39 is 98.0 Å². The summed E-state index contributed by atoms with van der Waals surface area (Å²) in [5, 5.41) is -0.247. The van der Waals surface area contributed by atoms with E-state index in [2.05, 4.69) is 0 Å². The van der Waals surface area contributed by atoms with Crippen LogP contribution in [0.25, 0.3) is 22.0 Å². The first-order valence-corrected chi connectivity index (χ1v) is 14.7. The van der Waals surface area contributed by atoms with E-state index in [1.807, 2.05) is 0 Å². The number of benzene rings is 3. The number of carbonyl (C=O) groups excluding carboxylic acids is 1. The van der Waals surface area contributed by atoms with Crippen molar-refractivity contribution in [1.29, 1.82) is 0 Å². The van der Waals surface area contributed by atoms with Gasteiger partial charge in [0, 0.05) is 36.8 Å². The molecule has 1 aromatic heterocycles. The third-order valence-electron chi connectivity index (χ3n) is 7.50. The number of hydrogen-bond acceptors (Lipinski definition) is 3. The van der Waals surface area contributed by atoms with Gasteiger partial charge in [-0.1, -0.05) is 12.1 Å². The molecule has 4 aromatic rings. The molecule has 0 bridgehead atoms. The summed E-state index contributed by atoms with van der Waals surface area (Å²) >= 11 is 0. The highest BCUT2D eigenvalue weighted by Gasteiger charge is 2.40. The lowest BCUT2D eigenvalue weighted by molar-refractivity contribution is -0.144. The highest BCUT2D eigenvalue weighted by Crippen LogP contribution is 2.42. The first-order chi connectivity index (χ1) is 22.0. The van der Waals surface area contributed by atoms with Crippen molar-refractivity contribution in [3.8, 4) is 11.1 Å². The number of pyridine rings is 1. The molecule has 1 aliphatic rings. The topological polar surface area (TPSA) is 59.4 Å². The molecule has 5 rings (SSSR count). The van der Waals surface area contributed by atoms with E-state index in [1.54, 1.807) is 0 Å². The van der Waals surface area contributed by atoms with E-state index >= 15 is 0 Å². The summed E-state index contributed by atoms with van der Waals surface area (Å²) in [4.78, 5) is 28.4. The molecule has 0 aliphatic carbocycles. The summed E-state index contributed by atoms with van der Waals surface area (Å²) in [6.07, 6.45) is -21.2. The van der Waals surface area contributed by atoms with Crippen LogP contribution in [0.5, 0.6) is 0 Å². The second kappa shape index (κ2) is 11.7. The zero-order valence-corrected chi connectivity index (χ0v) is 24.7. The van der Waals surface area contributed by atoms with Gasteiger partial charge in [-0.15, -0.1) is 0 Å². The van der Waals surface area contributed by atoms with Crippen molar-refractivity contribution in [2.24, 2.45) is 0 Å². The Morgan fingerprint density at radius 1 is 0.771 bits per heavy atom. The van der Waals surface area contributed by atoms with Gasteiger partial charge in [0.1, 0.15) is 5.56 Å². The lowest BCUT2D eigenvalue weighted by Gasteiger charge is -2.26. The molecule has 1 amide bonds.